The van der Waals surface area contributed by atoms with Crippen LogP contribution in [0.3, 0.4) is 0 Å². The Morgan fingerprint density at radius 1 is 1.24 bits per heavy atom. The first-order chi connectivity index (χ1) is 11.8. The Hall–Kier alpha value is -1.26. The summed E-state index contributed by atoms with van der Waals surface area (Å²) in [6.07, 6.45) is 7.22. The third kappa shape index (κ3) is 2.26. The number of aliphatic hydroxyl groups is 2. The van der Waals surface area contributed by atoms with Gasteiger partial charge < -0.3 is 10.2 Å². The van der Waals surface area contributed by atoms with Gasteiger partial charge in [0, 0.05) is 24.2 Å². The predicted octanol–water partition coefficient (Wildman–Crippen LogP) is 2.59. The van der Waals surface area contributed by atoms with Crippen LogP contribution >= 0.6 is 0 Å². The Morgan fingerprint density at radius 2 is 2.00 bits per heavy atom. The van der Waals surface area contributed by atoms with Crippen molar-refractivity contribution in [3.8, 4) is 0 Å². The molecule has 4 rings (SSSR count). The molecule has 2 N–H and O–H groups in total. The number of carbonyl (C=O) groups is 2. The summed E-state index contributed by atoms with van der Waals surface area (Å²) < 4.78 is 0. The van der Waals surface area contributed by atoms with E-state index < -0.39 is 6.10 Å². The van der Waals surface area contributed by atoms with Gasteiger partial charge in [-0.3, -0.25) is 9.59 Å². The Bertz CT molecular complexity index is 690. The van der Waals surface area contributed by atoms with Crippen LogP contribution < -0.4 is 0 Å². The summed E-state index contributed by atoms with van der Waals surface area (Å²) in [5, 5.41) is 19.9. The van der Waals surface area contributed by atoms with Crippen LogP contribution in [-0.2, 0) is 9.59 Å². The van der Waals surface area contributed by atoms with Crippen LogP contribution in [0.1, 0.15) is 52.4 Å². The van der Waals surface area contributed by atoms with Crippen molar-refractivity contribution in [1.29, 1.82) is 0 Å². The smallest absolute Gasteiger partial charge is 0.155 e. The lowest BCUT2D eigenvalue weighted by atomic mass is 9.47. The highest BCUT2D eigenvalue weighted by Gasteiger charge is 2.62. The van der Waals surface area contributed by atoms with Crippen molar-refractivity contribution < 1.29 is 19.8 Å². The lowest BCUT2D eigenvalue weighted by Crippen LogP contribution is -2.54. The number of hydrogen-bond acceptors (Lipinski definition) is 4. The molecule has 0 aromatic carbocycles. The maximum absolute atomic E-state index is 13.3. The van der Waals surface area contributed by atoms with Gasteiger partial charge in [0.25, 0.3) is 0 Å². The van der Waals surface area contributed by atoms with Crippen LogP contribution in [-0.4, -0.2) is 34.5 Å². The molecule has 3 saturated carbocycles. The summed E-state index contributed by atoms with van der Waals surface area (Å²) in [4.78, 5) is 25.2. The molecule has 4 heteroatoms. The molecule has 4 aliphatic rings. The van der Waals surface area contributed by atoms with Gasteiger partial charge in [-0.25, -0.2) is 0 Å². The van der Waals surface area contributed by atoms with Crippen LogP contribution in [0.5, 0.6) is 0 Å². The number of carbonyl (C=O) groups excluding carboxylic acids is 2. The Morgan fingerprint density at radius 3 is 2.72 bits per heavy atom. The maximum atomic E-state index is 13.3. The Kier molecular flexibility index (Phi) is 3.86. The SMILES string of the molecule is C[C@]12CCC(=O)C=C1CC[C@@H]1[C@@H]2C(=O)C[C@]2(C)C(=CCO)C(O)C[C@@H]12. The molecule has 6 atom stereocenters. The Balaban J connectivity index is 1.76. The molecule has 136 valence electrons. The van der Waals surface area contributed by atoms with Gasteiger partial charge in [0.2, 0.25) is 0 Å². The van der Waals surface area contributed by atoms with E-state index in [1.165, 1.54) is 5.57 Å². The summed E-state index contributed by atoms with van der Waals surface area (Å²) in [6.45, 7) is 4.18. The molecule has 1 unspecified atom stereocenters. The molecule has 0 amide bonds. The van der Waals surface area contributed by atoms with Gasteiger partial charge in [0.05, 0.1) is 12.7 Å². The fourth-order valence-electron chi connectivity index (χ4n) is 6.72. The minimum absolute atomic E-state index is 0.0284. The maximum Gasteiger partial charge on any atom is 0.155 e. The van der Waals surface area contributed by atoms with E-state index in [2.05, 4.69) is 13.8 Å². The van der Waals surface area contributed by atoms with E-state index in [4.69, 9.17) is 0 Å². The molecule has 0 spiro atoms. The first-order valence-corrected chi connectivity index (χ1v) is 9.57. The van der Waals surface area contributed by atoms with Crippen LogP contribution in [0.2, 0.25) is 0 Å². The van der Waals surface area contributed by atoms with Gasteiger partial charge in [-0.2, -0.15) is 0 Å². The predicted molar refractivity (Wildman–Crippen MR) is 93.7 cm³/mol. The van der Waals surface area contributed by atoms with Crippen LogP contribution in [0, 0.1) is 28.6 Å². The van der Waals surface area contributed by atoms with E-state index in [0.29, 0.717) is 19.3 Å². The van der Waals surface area contributed by atoms with Crippen molar-refractivity contribution in [3.05, 3.63) is 23.3 Å². The molecule has 0 saturated heterocycles. The summed E-state index contributed by atoms with van der Waals surface area (Å²) in [7, 11) is 0. The normalized spacial score (nSPS) is 48.0. The monoisotopic (exact) mass is 344 g/mol. The van der Waals surface area contributed by atoms with Gasteiger partial charge in [-0.05, 0) is 54.6 Å². The van der Waals surface area contributed by atoms with E-state index in [9.17, 15) is 19.8 Å². The lowest BCUT2D eigenvalue weighted by Gasteiger charge is -2.56. The highest BCUT2D eigenvalue weighted by Crippen LogP contribution is 2.65. The quantitative estimate of drug-likeness (QED) is 0.717. The van der Waals surface area contributed by atoms with Crippen molar-refractivity contribution in [2.24, 2.45) is 28.6 Å². The van der Waals surface area contributed by atoms with E-state index in [0.717, 1.165) is 24.8 Å². The summed E-state index contributed by atoms with van der Waals surface area (Å²) in [5.41, 5.74) is 1.51. The minimum Gasteiger partial charge on any atom is -0.392 e. The third-order valence-corrected chi connectivity index (χ3v) is 7.85. The van der Waals surface area contributed by atoms with Crippen molar-refractivity contribution >= 4 is 11.6 Å². The molecule has 0 heterocycles. The Labute approximate surface area is 149 Å². The number of rotatable bonds is 1. The lowest BCUT2D eigenvalue weighted by molar-refractivity contribution is -0.142. The average molecular weight is 344 g/mol. The molecule has 3 fully saturated rings. The third-order valence-electron chi connectivity index (χ3n) is 7.85. The van der Waals surface area contributed by atoms with E-state index >= 15 is 0 Å². The van der Waals surface area contributed by atoms with Crippen molar-refractivity contribution in [2.75, 3.05) is 6.61 Å². The van der Waals surface area contributed by atoms with Gasteiger partial charge in [-0.1, -0.05) is 25.5 Å². The number of fused-ring (bicyclic) bond motifs is 5. The fraction of sp³-hybridized carbons (Fsp3) is 0.714. The standard InChI is InChI=1S/C21H28O4/c1-20-7-5-13(23)9-12(20)3-4-14-16-10-17(24)15(6-8-22)21(16,2)11-18(25)19(14)20/h6,9,14,16-17,19,22,24H,3-5,7-8,10-11H2,1-2H3/t14-,16-,17?,19+,20-,21+/m0/s1. The molecule has 25 heavy (non-hydrogen) atoms. The molecule has 0 radical (unpaired) electrons. The van der Waals surface area contributed by atoms with Crippen molar-refractivity contribution in [3.63, 3.8) is 0 Å². The molecule has 4 aliphatic carbocycles. The fourth-order valence-corrected chi connectivity index (χ4v) is 6.72. The van der Waals surface area contributed by atoms with Crippen LogP contribution in [0.25, 0.3) is 0 Å². The minimum atomic E-state index is -0.550. The number of Topliss-reactive ketones (excluding diaryl/α,β-unsaturated/α-hetero) is 1. The number of ketones is 2. The van der Waals surface area contributed by atoms with Gasteiger partial charge in [0.1, 0.15) is 5.78 Å². The highest BCUT2D eigenvalue weighted by atomic mass is 16.3. The van der Waals surface area contributed by atoms with Gasteiger partial charge in [0.15, 0.2) is 5.78 Å². The number of aliphatic hydroxyl groups excluding tert-OH is 2. The number of hydrogen-bond donors (Lipinski definition) is 2. The molecule has 0 bridgehead atoms. The molecular formula is C21H28O4. The van der Waals surface area contributed by atoms with E-state index in [1.807, 2.05) is 0 Å². The first kappa shape index (κ1) is 17.2. The van der Waals surface area contributed by atoms with E-state index in [-0.39, 0.29) is 46.8 Å². The van der Waals surface area contributed by atoms with Crippen LogP contribution in [0.4, 0.5) is 0 Å². The van der Waals surface area contributed by atoms with Crippen LogP contribution in [0.15, 0.2) is 23.3 Å². The second-order valence-corrected chi connectivity index (χ2v) is 8.99. The average Bonchev–Trinajstić information content (AvgIpc) is 2.79. The summed E-state index contributed by atoms with van der Waals surface area (Å²) in [5.74, 6) is 0.992. The van der Waals surface area contributed by atoms with Gasteiger partial charge >= 0.3 is 0 Å². The molecule has 0 aliphatic heterocycles. The molecule has 0 aromatic rings. The van der Waals surface area contributed by atoms with E-state index in [1.54, 1.807) is 12.2 Å². The topological polar surface area (TPSA) is 74.6 Å². The second kappa shape index (κ2) is 5.62. The molecular weight excluding hydrogens is 316 g/mol. The summed E-state index contributed by atoms with van der Waals surface area (Å²) in [6, 6.07) is 0. The second-order valence-electron chi connectivity index (χ2n) is 8.99. The largest absolute Gasteiger partial charge is 0.392 e. The summed E-state index contributed by atoms with van der Waals surface area (Å²) >= 11 is 0. The first-order valence-electron chi connectivity index (χ1n) is 9.57. The zero-order valence-corrected chi connectivity index (χ0v) is 15.1. The number of allylic oxidation sites excluding steroid dienone is 1. The van der Waals surface area contributed by atoms with Gasteiger partial charge in [-0.15, -0.1) is 0 Å². The zero-order chi connectivity index (χ0) is 18.0. The molecule has 4 nitrogen and oxygen atoms in total. The zero-order valence-electron chi connectivity index (χ0n) is 15.1. The highest BCUT2D eigenvalue weighted by molar-refractivity contribution is 5.93. The van der Waals surface area contributed by atoms with Crippen molar-refractivity contribution in [2.45, 2.75) is 58.5 Å². The molecule has 0 aromatic heterocycles. The van der Waals surface area contributed by atoms with Crippen molar-refractivity contribution in [1.82, 2.24) is 0 Å².